The molecular formula is C19H26N4O2S. The van der Waals surface area contributed by atoms with Gasteiger partial charge in [-0.05, 0) is 36.5 Å². The van der Waals surface area contributed by atoms with Gasteiger partial charge in [-0.15, -0.1) is 0 Å². The van der Waals surface area contributed by atoms with Gasteiger partial charge in [0.15, 0.2) is 0 Å². The van der Waals surface area contributed by atoms with E-state index in [0.29, 0.717) is 23.9 Å². The van der Waals surface area contributed by atoms with Crippen molar-refractivity contribution in [3.8, 4) is 0 Å². The highest BCUT2D eigenvalue weighted by molar-refractivity contribution is 7.89. The molecule has 2 aromatic rings. The summed E-state index contributed by atoms with van der Waals surface area (Å²) < 4.78 is 28.7. The third kappa shape index (κ3) is 3.56. The molecule has 1 saturated carbocycles. The standard InChI is InChI=1S/C19H26N4O2S/c1-21-8-7-19(15-21)26(24,25)23-11-9-22(10-12-23)14-18-6-5-17(13-20-18)16-3-2-4-16/h5-8,13,15-16H,2-4,9-12,14H2,1H3. The van der Waals surface area contributed by atoms with Crippen molar-refractivity contribution in [1.82, 2.24) is 18.8 Å². The normalized spacial score (nSPS) is 20.2. The third-order valence-electron chi connectivity index (χ3n) is 5.58. The fraction of sp³-hybridized carbons (Fsp3) is 0.526. The molecule has 1 aliphatic heterocycles. The number of hydrogen-bond acceptors (Lipinski definition) is 4. The first-order chi connectivity index (χ1) is 12.5. The average Bonchev–Trinajstić information content (AvgIpc) is 3.03. The molecule has 0 radical (unpaired) electrons. The predicted octanol–water partition coefficient (Wildman–Crippen LogP) is 2.19. The van der Waals surface area contributed by atoms with E-state index in [-0.39, 0.29) is 0 Å². The molecule has 1 saturated heterocycles. The smallest absolute Gasteiger partial charge is 0.244 e. The van der Waals surface area contributed by atoms with Gasteiger partial charge in [-0.2, -0.15) is 4.31 Å². The van der Waals surface area contributed by atoms with E-state index in [1.54, 1.807) is 27.3 Å². The summed E-state index contributed by atoms with van der Waals surface area (Å²) in [6, 6.07) is 6.00. The number of hydrogen-bond donors (Lipinski definition) is 0. The molecule has 0 spiro atoms. The molecule has 0 bridgehead atoms. The Kier molecular flexibility index (Phi) is 4.86. The van der Waals surface area contributed by atoms with E-state index in [1.807, 2.05) is 13.2 Å². The second kappa shape index (κ2) is 7.13. The van der Waals surface area contributed by atoms with E-state index in [9.17, 15) is 8.42 Å². The van der Waals surface area contributed by atoms with Crippen LogP contribution in [0.25, 0.3) is 0 Å². The number of rotatable bonds is 5. The van der Waals surface area contributed by atoms with Crippen LogP contribution in [0.15, 0.2) is 41.7 Å². The maximum atomic E-state index is 12.7. The number of aryl methyl sites for hydroxylation is 1. The summed E-state index contributed by atoms with van der Waals surface area (Å²) in [7, 11) is -1.55. The van der Waals surface area contributed by atoms with Crippen LogP contribution in [0.3, 0.4) is 0 Å². The van der Waals surface area contributed by atoms with Crippen LogP contribution in [-0.2, 0) is 23.6 Å². The third-order valence-corrected chi connectivity index (χ3v) is 7.47. The van der Waals surface area contributed by atoms with Crippen LogP contribution in [0.2, 0.25) is 0 Å². The average molecular weight is 375 g/mol. The van der Waals surface area contributed by atoms with Gasteiger partial charge in [0.05, 0.1) is 10.6 Å². The van der Waals surface area contributed by atoms with E-state index < -0.39 is 10.0 Å². The lowest BCUT2D eigenvalue weighted by molar-refractivity contribution is 0.180. The minimum absolute atomic E-state index is 0.377. The summed E-state index contributed by atoms with van der Waals surface area (Å²) in [6.07, 6.45) is 9.37. The summed E-state index contributed by atoms with van der Waals surface area (Å²) >= 11 is 0. The van der Waals surface area contributed by atoms with Gasteiger partial charge in [0.2, 0.25) is 10.0 Å². The SMILES string of the molecule is Cn1ccc(S(=O)(=O)N2CCN(Cc3ccc(C4CCC4)cn3)CC2)c1. The van der Waals surface area contributed by atoms with Crippen molar-refractivity contribution in [3.63, 3.8) is 0 Å². The highest BCUT2D eigenvalue weighted by Crippen LogP contribution is 2.35. The van der Waals surface area contributed by atoms with E-state index in [0.717, 1.165) is 25.3 Å². The largest absolute Gasteiger partial charge is 0.356 e. The monoisotopic (exact) mass is 374 g/mol. The molecule has 0 aromatic carbocycles. The lowest BCUT2D eigenvalue weighted by atomic mass is 9.81. The molecule has 6 nitrogen and oxygen atoms in total. The Morgan fingerprint density at radius 1 is 1.12 bits per heavy atom. The highest BCUT2D eigenvalue weighted by atomic mass is 32.2. The summed E-state index contributed by atoms with van der Waals surface area (Å²) in [6.45, 7) is 3.30. The summed E-state index contributed by atoms with van der Waals surface area (Å²) in [5.74, 6) is 0.711. The molecule has 2 aliphatic rings. The first-order valence-corrected chi connectivity index (χ1v) is 10.8. The highest BCUT2D eigenvalue weighted by Gasteiger charge is 2.29. The van der Waals surface area contributed by atoms with Crippen LogP contribution in [0.5, 0.6) is 0 Å². The molecular weight excluding hydrogens is 348 g/mol. The lowest BCUT2D eigenvalue weighted by Gasteiger charge is -2.33. The molecule has 0 atom stereocenters. The van der Waals surface area contributed by atoms with Crippen molar-refractivity contribution in [2.75, 3.05) is 26.2 Å². The number of sulfonamides is 1. The molecule has 0 unspecified atom stereocenters. The van der Waals surface area contributed by atoms with Gasteiger partial charge in [-0.25, -0.2) is 8.42 Å². The van der Waals surface area contributed by atoms with Crippen LogP contribution < -0.4 is 0 Å². The molecule has 26 heavy (non-hydrogen) atoms. The Bertz CT molecular complexity index is 848. The Morgan fingerprint density at radius 2 is 1.88 bits per heavy atom. The van der Waals surface area contributed by atoms with Crippen molar-refractivity contribution in [3.05, 3.63) is 48.0 Å². The predicted molar refractivity (Wildman–Crippen MR) is 100 cm³/mol. The van der Waals surface area contributed by atoms with Crippen molar-refractivity contribution >= 4 is 10.0 Å². The second-order valence-corrected chi connectivity index (χ2v) is 9.34. The lowest BCUT2D eigenvalue weighted by Crippen LogP contribution is -2.48. The Balaban J connectivity index is 1.33. The van der Waals surface area contributed by atoms with Gasteiger partial charge in [-0.3, -0.25) is 9.88 Å². The van der Waals surface area contributed by atoms with E-state index in [4.69, 9.17) is 0 Å². The first-order valence-electron chi connectivity index (χ1n) is 9.32. The maximum Gasteiger partial charge on any atom is 0.244 e. The zero-order valence-electron chi connectivity index (χ0n) is 15.2. The second-order valence-electron chi connectivity index (χ2n) is 7.40. The van der Waals surface area contributed by atoms with Gasteiger partial charge < -0.3 is 4.57 Å². The zero-order valence-corrected chi connectivity index (χ0v) is 16.0. The van der Waals surface area contributed by atoms with Gasteiger partial charge >= 0.3 is 0 Å². The molecule has 0 N–H and O–H groups in total. The van der Waals surface area contributed by atoms with Gasteiger partial charge in [0.1, 0.15) is 0 Å². The van der Waals surface area contributed by atoms with E-state index in [1.165, 1.54) is 24.8 Å². The van der Waals surface area contributed by atoms with Crippen molar-refractivity contribution < 1.29 is 8.42 Å². The van der Waals surface area contributed by atoms with E-state index >= 15 is 0 Å². The minimum atomic E-state index is -3.38. The van der Waals surface area contributed by atoms with Crippen molar-refractivity contribution in [1.29, 1.82) is 0 Å². The number of pyridine rings is 1. The molecule has 1 aliphatic carbocycles. The Labute approximate surface area is 155 Å². The Hall–Kier alpha value is -1.70. The first kappa shape index (κ1) is 17.7. The molecule has 2 aromatic heterocycles. The molecule has 7 heteroatoms. The number of aromatic nitrogens is 2. The topological polar surface area (TPSA) is 58.4 Å². The molecule has 0 amide bonds. The van der Waals surface area contributed by atoms with Gasteiger partial charge in [0, 0.05) is 58.4 Å². The number of nitrogens with zero attached hydrogens (tertiary/aromatic N) is 4. The number of piperazine rings is 1. The van der Waals surface area contributed by atoms with Gasteiger partial charge in [0.25, 0.3) is 0 Å². The van der Waals surface area contributed by atoms with Crippen LogP contribution in [-0.4, -0.2) is 53.4 Å². The van der Waals surface area contributed by atoms with Crippen molar-refractivity contribution in [2.45, 2.75) is 36.6 Å². The van der Waals surface area contributed by atoms with Gasteiger partial charge in [-0.1, -0.05) is 12.5 Å². The van der Waals surface area contributed by atoms with Crippen LogP contribution >= 0.6 is 0 Å². The molecule has 3 heterocycles. The maximum absolute atomic E-state index is 12.7. The molecule has 2 fully saturated rings. The van der Waals surface area contributed by atoms with E-state index in [2.05, 4.69) is 22.0 Å². The fourth-order valence-corrected chi connectivity index (χ4v) is 5.12. The zero-order chi connectivity index (χ0) is 18.1. The molecule has 4 rings (SSSR count). The van der Waals surface area contributed by atoms with Crippen LogP contribution in [0, 0.1) is 0 Å². The van der Waals surface area contributed by atoms with Crippen molar-refractivity contribution in [2.24, 2.45) is 7.05 Å². The summed E-state index contributed by atoms with van der Waals surface area (Å²) in [5, 5.41) is 0. The molecule has 140 valence electrons. The Morgan fingerprint density at radius 3 is 2.42 bits per heavy atom. The summed E-state index contributed by atoms with van der Waals surface area (Å²) in [4.78, 5) is 7.27. The summed E-state index contributed by atoms with van der Waals surface area (Å²) in [5.41, 5.74) is 2.42. The quantitative estimate of drug-likeness (QED) is 0.805. The van der Waals surface area contributed by atoms with Crippen LogP contribution in [0.1, 0.15) is 36.4 Å². The minimum Gasteiger partial charge on any atom is -0.356 e. The van der Waals surface area contributed by atoms with Crippen LogP contribution in [0.4, 0.5) is 0 Å². The fourth-order valence-electron chi connectivity index (χ4n) is 3.65.